The lowest BCUT2D eigenvalue weighted by molar-refractivity contribution is -0.137. The molecule has 0 saturated carbocycles. The van der Waals surface area contributed by atoms with Gasteiger partial charge in [0.2, 0.25) is 11.8 Å². The zero-order chi connectivity index (χ0) is 24.5. The number of amides is 3. The van der Waals surface area contributed by atoms with Gasteiger partial charge in [-0.25, -0.2) is 9.18 Å². The van der Waals surface area contributed by atoms with Crippen LogP contribution in [-0.2, 0) is 23.9 Å². The number of halogens is 1. The van der Waals surface area contributed by atoms with E-state index in [1.807, 2.05) is 0 Å². The quantitative estimate of drug-likeness (QED) is 0.385. The van der Waals surface area contributed by atoms with E-state index in [2.05, 4.69) is 4.74 Å². The second-order valence-electron chi connectivity index (χ2n) is 8.92. The van der Waals surface area contributed by atoms with E-state index in [1.165, 1.54) is 25.1 Å². The molecule has 9 heteroatoms. The van der Waals surface area contributed by atoms with Crippen LogP contribution in [0.15, 0.2) is 52.6 Å². The number of rotatable bonds is 1. The number of Topliss-reactive ketones (excluding diaryl/α,β-unsaturated/α-hetero) is 1. The largest absolute Gasteiger partial charge is 0.505 e. The van der Waals surface area contributed by atoms with Crippen molar-refractivity contribution < 1.29 is 38.2 Å². The summed E-state index contributed by atoms with van der Waals surface area (Å²) < 4.78 is 18.9. The van der Waals surface area contributed by atoms with Crippen LogP contribution in [0.4, 0.5) is 9.18 Å². The number of hydrogen-bond acceptors (Lipinski definition) is 7. The van der Waals surface area contributed by atoms with Crippen molar-refractivity contribution in [3.8, 4) is 5.75 Å². The molecular formula is C25H20FNO7. The molecule has 1 aliphatic heterocycles. The summed E-state index contributed by atoms with van der Waals surface area (Å²) >= 11 is 0. The monoisotopic (exact) mass is 465 g/mol. The van der Waals surface area contributed by atoms with E-state index in [0.29, 0.717) is 16.0 Å². The molecule has 1 saturated heterocycles. The Labute approximate surface area is 193 Å². The van der Waals surface area contributed by atoms with E-state index >= 15 is 0 Å². The number of imide groups is 3. The molecule has 3 amide bonds. The van der Waals surface area contributed by atoms with E-state index in [1.54, 1.807) is 6.08 Å². The number of ether oxygens (including phenoxy) is 1. The maximum absolute atomic E-state index is 14.3. The molecule has 1 heterocycles. The van der Waals surface area contributed by atoms with E-state index in [9.17, 15) is 33.5 Å². The summed E-state index contributed by atoms with van der Waals surface area (Å²) in [6, 6.07) is 3.74. The van der Waals surface area contributed by atoms with Crippen LogP contribution in [0, 0.1) is 23.6 Å². The van der Waals surface area contributed by atoms with Gasteiger partial charge in [-0.3, -0.25) is 19.2 Å². The zero-order valence-corrected chi connectivity index (χ0v) is 18.3. The summed E-state index contributed by atoms with van der Waals surface area (Å²) in [5.74, 6) is -6.74. The number of fused-ring (bicyclic) bond motifs is 3. The zero-order valence-electron chi connectivity index (χ0n) is 18.3. The summed E-state index contributed by atoms with van der Waals surface area (Å²) in [6.45, 7) is 1.53. The third-order valence-corrected chi connectivity index (χ3v) is 7.22. The Morgan fingerprint density at radius 2 is 1.88 bits per heavy atom. The first-order valence-corrected chi connectivity index (χ1v) is 10.8. The van der Waals surface area contributed by atoms with Crippen LogP contribution in [0.25, 0.3) is 0 Å². The van der Waals surface area contributed by atoms with Crippen molar-refractivity contribution in [1.82, 2.24) is 4.90 Å². The van der Waals surface area contributed by atoms with Gasteiger partial charge in [0.05, 0.1) is 18.9 Å². The van der Waals surface area contributed by atoms with Crippen LogP contribution in [0.3, 0.4) is 0 Å². The van der Waals surface area contributed by atoms with Gasteiger partial charge in [0.25, 0.3) is 0 Å². The third-order valence-electron chi connectivity index (χ3n) is 7.22. The molecule has 1 aromatic rings. The minimum atomic E-state index is -1.07. The number of ketones is 2. The highest BCUT2D eigenvalue weighted by atomic mass is 19.1. The minimum Gasteiger partial charge on any atom is -0.505 e. The second-order valence-corrected chi connectivity index (χ2v) is 8.92. The number of nitrogens with zero attached hydrogens (tertiary/aromatic N) is 1. The number of hydrogen-bond donors (Lipinski definition) is 1. The molecule has 34 heavy (non-hydrogen) atoms. The normalized spacial score (nSPS) is 28.3. The third kappa shape index (κ3) is 2.92. The van der Waals surface area contributed by atoms with Crippen molar-refractivity contribution in [2.75, 3.05) is 7.11 Å². The van der Waals surface area contributed by atoms with Gasteiger partial charge in [-0.1, -0.05) is 17.7 Å². The predicted octanol–water partition coefficient (Wildman–Crippen LogP) is 2.73. The fraction of sp³-hybridized carbons (Fsp3) is 0.320. The van der Waals surface area contributed by atoms with Crippen molar-refractivity contribution in [3.63, 3.8) is 0 Å². The fourth-order valence-corrected chi connectivity index (χ4v) is 5.74. The molecular weight excluding hydrogens is 445 g/mol. The molecule has 0 unspecified atom stereocenters. The van der Waals surface area contributed by atoms with E-state index in [0.717, 1.165) is 13.2 Å². The molecule has 4 aliphatic rings. The number of phenolic OH excluding ortho intramolecular Hbond substituents is 1. The summed E-state index contributed by atoms with van der Waals surface area (Å²) in [7, 11) is 1.07. The predicted molar refractivity (Wildman–Crippen MR) is 114 cm³/mol. The maximum atomic E-state index is 14.3. The lowest BCUT2D eigenvalue weighted by atomic mass is 9.59. The first kappa shape index (κ1) is 21.9. The van der Waals surface area contributed by atoms with E-state index in [-0.39, 0.29) is 41.1 Å². The summed E-state index contributed by atoms with van der Waals surface area (Å²) in [5.41, 5.74) is 1.65. The van der Waals surface area contributed by atoms with Crippen molar-refractivity contribution in [1.29, 1.82) is 0 Å². The molecule has 0 radical (unpaired) electrons. The summed E-state index contributed by atoms with van der Waals surface area (Å²) in [5, 5.41) is 9.66. The van der Waals surface area contributed by atoms with Crippen LogP contribution < -0.4 is 0 Å². The van der Waals surface area contributed by atoms with E-state index < -0.39 is 53.1 Å². The van der Waals surface area contributed by atoms with E-state index in [4.69, 9.17) is 0 Å². The number of carbonyl (C=O) groups excluding carboxylic acids is 5. The highest BCUT2D eigenvalue weighted by Crippen LogP contribution is 2.55. The van der Waals surface area contributed by atoms with Gasteiger partial charge >= 0.3 is 6.09 Å². The van der Waals surface area contributed by atoms with Crippen LogP contribution >= 0.6 is 0 Å². The van der Waals surface area contributed by atoms with Gasteiger partial charge in [-0.15, -0.1) is 0 Å². The van der Waals surface area contributed by atoms with Gasteiger partial charge in [-0.2, -0.15) is 4.90 Å². The lowest BCUT2D eigenvalue weighted by Crippen LogP contribution is -2.40. The Hall–Kier alpha value is -3.88. The number of methoxy groups -OCH3 is 1. The molecule has 1 aromatic carbocycles. The fourth-order valence-electron chi connectivity index (χ4n) is 5.74. The van der Waals surface area contributed by atoms with Crippen LogP contribution in [0.5, 0.6) is 5.75 Å². The summed E-state index contributed by atoms with van der Waals surface area (Å²) in [4.78, 5) is 64.9. The van der Waals surface area contributed by atoms with Gasteiger partial charge in [0.1, 0.15) is 0 Å². The average Bonchev–Trinajstić information content (AvgIpc) is 3.07. The van der Waals surface area contributed by atoms with Gasteiger partial charge in [0, 0.05) is 22.6 Å². The topological polar surface area (TPSA) is 118 Å². The molecule has 174 valence electrons. The molecule has 1 N–H and O–H groups in total. The number of phenols is 1. The van der Waals surface area contributed by atoms with Gasteiger partial charge in [0.15, 0.2) is 23.1 Å². The van der Waals surface area contributed by atoms with Gasteiger partial charge in [-0.05, 0) is 49.5 Å². The Balaban J connectivity index is 1.68. The Bertz CT molecular complexity index is 1300. The molecule has 1 fully saturated rings. The Kier molecular flexibility index (Phi) is 4.89. The smallest absolute Gasteiger partial charge is 0.423 e. The molecule has 4 atom stereocenters. The Morgan fingerprint density at radius 3 is 2.56 bits per heavy atom. The Morgan fingerprint density at radius 1 is 1.15 bits per heavy atom. The molecule has 0 spiro atoms. The van der Waals surface area contributed by atoms with Crippen molar-refractivity contribution in [3.05, 3.63) is 64.0 Å². The molecule has 5 rings (SSSR count). The van der Waals surface area contributed by atoms with Crippen LogP contribution in [0.2, 0.25) is 0 Å². The number of likely N-dealkylation sites (tertiary alicyclic amines) is 1. The van der Waals surface area contributed by atoms with Crippen molar-refractivity contribution in [2.45, 2.75) is 25.7 Å². The average molecular weight is 465 g/mol. The standard InChI is InChI=1S/C25H20FNO7/c1-10-7-18(29)21-15(22(10)30)9-14-12(19(21)11-3-6-17(28)16(26)8-11)4-5-13-20(14)24(32)27(23(13)31)25(33)34-2/h3-4,6-8,13-14,19-20,28H,5,9H2,1-2H3/t13-,14+,19-,20-/m0/s1. The number of allylic oxidation sites excluding steroid dienone is 6. The highest BCUT2D eigenvalue weighted by molar-refractivity contribution is 6.24. The lowest BCUT2D eigenvalue weighted by Gasteiger charge is -2.42. The molecule has 3 aliphatic carbocycles. The molecule has 8 nitrogen and oxygen atoms in total. The van der Waals surface area contributed by atoms with Gasteiger partial charge < -0.3 is 9.84 Å². The maximum Gasteiger partial charge on any atom is 0.423 e. The minimum absolute atomic E-state index is 0.0448. The van der Waals surface area contributed by atoms with Crippen molar-refractivity contribution in [2.24, 2.45) is 17.8 Å². The highest BCUT2D eigenvalue weighted by Gasteiger charge is 2.58. The first-order valence-electron chi connectivity index (χ1n) is 10.8. The van der Waals surface area contributed by atoms with Crippen molar-refractivity contribution >= 4 is 29.5 Å². The van der Waals surface area contributed by atoms with Crippen LogP contribution in [0.1, 0.15) is 31.2 Å². The number of carbonyl (C=O) groups is 5. The molecule has 0 bridgehead atoms. The second kappa shape index (κ2) is 7.58. The molecule has 0 aromatic heterocycles. The number of benzene rings is 1. The van der Waals surface area contributed by atoms with Crippen LogP contribution in [-0.4, -0.2) is 46.6 Å². The number of aromatic hydroxyl groups is 1. The first-order chi connectivity index (χ1) is 16.1. The summed E-state index contributed by atoms with van der Waals surface area (Å²) in [6.07, 6.45) is 2.12. The SMILES string of the molecule is COC(=O)N1C(=O)[C@H]2[C@H](CC=C3[C@H](c4ccc(O)c(F)c4)C4=C(C[C@H]32)C(=O)C(C)=CC4=O)C1=O.